The zero-order valence-electron chi connectivity index (χ0n) is 10.3. The van der Waals surface area contributed by atoms with Crippen molar-refractivity contribution in [3.63, 3.8) is 0 Å². The molecule has 1 aromatic carbocycles. The van der Waals surface area contributed by atoms with E-state index in [0.29, 0.717) is 0 Å². The second-order valence-electron chi connectivity index (χ2n) is 3.97. The number of anilines is 2. The fourth-order valence-electron chi connectivity index (χ4n) is 1.52. The van der Waals surface area contributed by atoms with Crippen LogP contribution in [0, 0.1) is 15.9 Å². The van der Waals surface area contributed by atoms with Crippen molar-refractivity contribution in [2.75, 3.05) is 11.1 Å². The zero-order valence-corrected chi connectivity index (χ0v) is 11.1. The van der Waals surface area contributed by atoms with Crippen molar-refractivity contribution in [3.8, 4) is 0 Å². The summed E-state index contributed by atoms with van der Waals surface area (Å²) in [7, 11) is 0. The number of rotatable bonds is 3. The lowest BCUT2D eigenvalue weighted by Gasteiger charge is -2.07. The molecular weight excluding hydrogens is 303 g/mol. The second-order valence-corrected chi connectivity index (χ2v) is 4.37. The van der Waals surface area contributed by atoms with Crippen molar-refractivity contribution in [1.82, 2.24) is 4.98 Å². The van der Waals surface area contributed by atoms with Gasteiger partial charge in [-0.3, -0.25) is 14.9 Å². The summed E-state index contributed by atoms with van der Waals surface area (Å²) in [5, 5.41) is 12.9. The van der Waals surface area contributed by atoms with Gasteiger partial charge in [0.1, 0.15) is 17.8 Å². The lowest BCUT2D eigenvalue weighted by Crippen LogP contribution is -2.15. The number of nitro groups is 1. The molecule has 108 valence electrons. The number of hydrogen-bond acceptors (Lipinski definition) is 5. The van der Waals surface area contributed by atoms with Gasteiger partial charge in [-0.05, 0) is 18.2 Å². The van der Waals surface area contributed by atoms with Gasteiger partial charge in [-0.1, -0.05) is 11.6 Å². The molecule has 9 heteroatoms. The number of pyridine rings is 1. The molecule has 0 radical (unpaired) electrons. The van der Waals surface area contributed by atoms with Crippen LogP contribution in [0.5, 0.6) is 0 Å². The highest BCUT2D eigenvalue weighted by Gasteiger charge is 2.17. The van der Waals surface area contributed by atoms with Gasteiger partial charge in [-0.2, -0.15) is 0 Å². The molecule has 0 aliphatic carbocycles. The van der Waals surface area contributed by atoms with E-state index in [9.17, 15) is 19.3 Å². The van der Waals surface area contributed by atoms with E-state index in [-0.39, 0.29) is 27.8 Å². The Labute approximate surface area is 122 Å². The van der Waals surface area contributed by atoms with Crippen LogP contribution >= 0.6 is 11.6 Å². The molecule has 0 fully saturated rings. The van der Waals surface area contributed by atoms with Crippen LogP contribution in [0.25, 0.3) is 0 Å². The van der Waals surface area contributed by atoms with E-state index >= 15 is 0 Å². The highest BCUT2D eigenvalue weighted by molar-refractivity contribution is 6.31. The average Bonchev–Trinajstić information content (AvgIpc) is 2.43. The minimum Gasteiger partial charge on any atom is -0.383 e. The number of nitrogens with two attached hydrogens (primary N) is 1. The van der Waals surface area contributed by atoms with Gasteiger partial charge in [-0.25, -0.2) is 9.37 Å². The van der Waals surface area contributed by atoms with Gasteiger partial charge in [-0.15, -0.1) is 0 Å². The van der Waals surface area contributed by atoms with Crippen molar-refractivity contribution in [2.24, 2.45) is 0 Å². The number of benzene rings is 1. The smallest absolute Gasteiger partial charge is 0.288 e. The van der Waals surface area contributed by atoms with Crippen LogP contribution in [0.2, 0.25) is 5.02 Å². The number of amides is 1. The lowest BCUT2D eigenvalue weighted by atomic mass is 10.2. The maximum absolute atomic E-state index is 13.0. The molecule has 0 atom stereocenters. The molecule has 0 saturated heterocycles. The van der Waals surface area contributed by atoms with Gasteiger partial charge in [0.15, 0.2) is 0 Å². The van der Waals surface area contributed by atoms with E-state index in [0.717, 1.165) is 18.3 Å². The van der Waals surface area contributed by atoms with Crippen LogP contribution in [-0.2, 0) is 0 Å². The molecule has 1 heterocycles. The molecule has 0 aliphatic heterocycles. The van der Waals surface area contributed by atoms with Gasteiger partial charge in [0.25, 0.3) is 11.6 Å². The molecule has 1 aromatic heterocycles. The number of carbonyl (C=O) groups is 1. The minimum absolute atomic E-state index is 0.161. The van der Waals surface area contributed by atoms with Crippen molar-refractivity contribution in [2.45, 2.75) is 0 Å². The van der Waals surface area contributed by atoms with E-state index in [4.69, 9.17) is 17.3 Å². The first-order valence-corrected chi connectivity index (χ1v) is 5.92. The van der Waals surface area contributed by atoms with Gasteiger partial charge < -0.3 is 11.1 Å². The molecule has 0 unspecified atom stereocenters. The number of nitrogen functional groups attached to an aromatic ring is 1. The molecule has 0 spiro atoms. The summed E-state index contributed by atoms with van der Waals surface area (Å²) in [5.41, 5.74) is 5.21. The SMILES string of the molecule is Nc1ncc([N+](=O)[O-])cc1C(=O)Nc1ccc(F)c(Cl)c1. The predicted octanol–water partition coefficient (Wildman–Crippen LogP) is 2.62. The van der Waals surface area contributed by atoms with E-state index < -0.39 is 16.6 Å². The Morgan fingerprint density at radius 3 is 2.76 bits per heavy atom. The summed E-state index contributed by atoms with van der Waals surface area (Å²) in [6.07, 6.45) is 0.945. The normalized spacial score (nSPS) is 10.2. The van der Waals surface area contributed by atoms with E-state index in [1.807, 2.05) is 0 Å². The maximum Gasteiger partial charge on any atom is 0.288 e. The summed E-state index contributed by atoms with van der Waals surface area (Å²) in [4.78, 5) is 25.6. The summed E-state index contributed by atoms with van der Waals surface area (Å²) in [6, 6.07) is 4.58. The van der Waals surface area contributed by atoms with Crippen molar-refractivity contribution in [1.29, 1.82) is 0 Å². The molecule has 2 aromatic rings. The Balaban J connectivity index is 2.29. The van der Waals surface area contributed by atoms with Crippen LogP contribution in [0.15, 0.2) is 30.5 Å². The summed E-state index contributed by atoms with van der Waals surface area (Å²) in [5.74, 6) is -1.51. The topological polar surface area (TPSA) is 111 Å². The van der Waals surface area contributed by atoms with E-state index in [2.05, 4.69) is 10.3 Å². The molecule has 0 saturated carbocycles. The highest BCUT2D eigenvalue weighted by Crippen LogP contribution is 2.22. The monoisotopic (exact) mass is 310 g/mol. The van der Waals surface area contributed by atoms with E-state index in [1.54, 1.807) is 0 Å². The first-order chi connectivity index (χ1) is 9.88. The third-order valence-electron chi connectivity index (χ3n) is 2.54. The number of hydrogen-bond donors (Lipinski definition) is 2. The zero-order chi connectivity index (χ0) is 15.6. The Morgan fingerprint density at radius 2 is 2.14 bits per heavy atom. The van der Waals surface area contributed by atoms with Crippen LogP contribution < -0.4 is 11.1 Å². The Bertz CT molecular complexity index is 738. The van der Waals surface area contributed by atoms with Crippen LogP contribution in [0.1, 0.15) is 10.4 Å². The number of nitrogens with zero attached hydrogens (tertiary/aromatic N) is 2. The Hall–Kier alpha value is -2.74. The fourth-order valence-corrected chi connectivity index (χ4v) is 1.70. The minimum atomic E-state index is -0.716. The molecule has 1 amide bonds. The fraction of sp³-hybridized carbons (Fsp3) is 0. The van der Waals surface area contributed by atoms with Crippen molar-refractivity contribution >= 4 is 34.7 Å². The Kier molecular flexibility index (Phi) is 3.99. The first-order valence-electron chi connectivity index (χ1n) is 5.55. The highest BCUT2D eigenvalue weighted by atomic mass is 35.5. The molecule has 21 heavy (non-hydrogen) atoms. The number of aromatic nitrogens is 1. The standard InChI is InChI=1S/C12H8ClFN4O3/c13-9-3-6(1-2-10(9)14)17-12(19)8-4-7(18(20)21)5-16-11(8)15/h1-5H,(H2,15,16)(H,17,19). The molecule has 7 nitrogen and oxygen atoms in total. The van der Waals surface area contributed by atoms with Crippen LogP contribution in [-0.4, -0.2) is 15.8 Å². The summed E-state index contributed by atoms with van der Waals surface area (Å²) >= 11 is 5.59. The summed E-state index contributed by atoms with van der Waals surface area (Å²) in [6.45, 7) is 0. The van der Waals surface area contributed by atoms with Gasteiger partial charge in [0.2, 0.25) is 0 Å². The van der Waals surface area contributed by atoms with Gasteiger partial charge >= 0.3 is 0 Å². The predicted molar refractivity (Wildman–Crippen MR) is 74.7 cm³/mol. The van der Waals surface area contributed by atoms with E-state index in [1.165, 1.54) is 12.1 Å². The lowest BCUT2D eigenvalue weighted by molar-refractivity contribution is -0.385. The second kappa shape index (κ2) is 5.71. The van der Waals surface area contributed by atoms with Crippen LogP contribution in [0.3, 0.4) is 0 Å². The molecular formula is C12H8ClFN4O3. The third-order valence-corrected chi connectivity index (χ3v) is 2.83. The maximum atomic E-state index is 13.0. The first kappa shape index (κ1) is 14.7. The summed E-state index contributed by atoms with van der Waals surface area (Å²) < 4.78 is 13.0. The Morgan fingerprint density at radius 1 is 1.43 bits per heavy atom. The number of nitrogens with one attached hydrogen (secondary N) is 1. The largest absolute Gasteiger partial charge is 0.383 e. The van der Waals surface area contributed by atoms with Crippen molar-refractivity contribution < 1.29 is 14.1 Å². The molecule has 0 aliphatic rings. The third kappa shape index (κ3) is 3.23. The molecule has 0 bridgehead atoms. The van der Waals surface area contributed by atoms with Crippen LogP contribution in [0.4, 0.5) is 21.6 Å². The number of halogens is 2. The average molecular weight is 311 g/mol. The van der Waals surface area contributed by atoms with Gasteiger partial charge in [0.05, 0.1) is 15.5 Å². The quantitative estimate of drug-likeness (QED) is 0.668. The van der Waals surface area contributed by atoms with Crippen molar-refractivity contribution in [3.05, 3.63) is 57.0 Å². The molecule has 3 N–H and O–H groups in total. The molecule has 2 rings (SSSR count). The van der Waals surface area contributed by atoms with Gasteiger partial charge in [0, 0.05) is 11.8 Å². The number of carbonyl (C=O) groups excluding carboxylic acids is 1.